The van der Waals surface area contributed by atoms with Crippen LogP contribution in [0.3, 0.4) is 0 Å². The Hall–Kier alpha value is -1.83. The van der Waals surface area contributed by atoms with E-state index in [0.717, 1.165) is 44.8 Å². The van der Waals surface area contributed by atoms with Gasteiger partial charge < -0.3 is 24.7 Å². The van der Waals surface area contributed by atoms with E-state index in [-0.39, 0.29) is 0 Å². The second-order valence-electron chi connectivity index (χ2n) is 6.20. The summed E-state index contributed by atoms with van der Waals surface area (Å²) in [6.07, 6.45) is 1.34. The van der Waals surface area contributed by atoms with Gasteiger partial charge in [0.25, 0.3) is 0 Å². The van der Waals surface area contributed by atoms with E-state index in [2.05, 4.69) is 4.90 Å². The summed E-state index contributed by atoms with van der Waals surface area (Å²) in [6.45, 7) is 7.30. The third-order valence-electron chi connectivity index (χ3n) is 4.25. The molecule has 2 N–H and O–H groups in total. The first-order valence-electron chi connectivity index (χ1n) is 9.16. The fourth-order valence-corrected chi connectivity index (χ4v) is 2.84. The minimum Gasteiger partial charge on any atom is -0.493 e. The topological polar surface area (TPSA) is 83.2 Å². The average molecular weight is 366 g/mol. The van der Waals surface area contributed by atoms with Crippen molar-refractivity contribution in [2.45, 2.75) is 25.8 Å². The Labute approximate surface area is 155 Å². The first kappa shape index (κ1) is 20.5. The van der Waals surface area contributed by atoms with Crippen LogP contribution in [0.15, 0.2) is 18.2 Å². The molecule has 1 atom stereocenters. The molecule has 0 spiro atoms. The van der Waals surface area contributed by atoms with Crippen LogP contribution in [0.2, 0.25) is 0 Å². The van der Waals surface area contributed by atoms with Crippen molar-refractivity contribution in [1.29, 1.82) is 0 Å². The Morgan fingerprint density at radius 2 is 2.08 bits per heavy atom. The van der Waals surface area contributed by atoms with Gasteiger partial charge >= 0.3 is 5.97 Å². The van der Waals surface area contributed by atoms with Crippen LogP contribution >= 0.6 is 0 Å². The molecule has 7 nitrogen and oxygen atoms in total. The number of benzene rings is 1. The molecule has 0 aromatic heterocycles. The van der Waals surface area contributed by atoms with Gasteiger partial charge in [-0.3, -0.25) is 9.69 Å². The van der Waals surface area contributed by atoms with E-state index in [1.165, 1.54) is 0 Å². The van der Waals surface area contributed by atoms with Gasteiger partial charge in [-0.05, 0) is 37.5 Å². The Balaban J connectivity index is 1.82. The highest BCUT2D eigenvalue weighted by Crippen LogP contribution is 2.28. The van der Waals surface area contributed by atoms with E-state index in [0.29, 0.717) is 31.1 Å². The largest absolute Gasteiger partial charge is 0.493 e. The van der Waals surface area contributed by atoms with E-state index in [4.69, 9.17) is 24.7 Å². The molecule has 1 heterocycles. The molecule has 0 unspecified atom stereocenters. The summed E-state index contributed by atoms with van der Waals surface area (Å²) in [6, 6.07) is 4.94. The van der Waals surface area contributed by atoms with Crippen LogP contribution < -0.4 is 15.2 Å². The summed E-state index contributed by atoms with van der Waals surface area (Å²) in [4.78, 5) is 14.0. The Morgan fingerprint density at radius 3 is 2.77 bits per heavy atom. The first-order chi connectivity index (χ1) is 12.6. The number of hydrogen-bond donors (Lipinski definition) is 1. The fraction of sp³-hybridized carbons (Fsp3) is 0.632. The van der Waals surface area contributed by atoms with Gasteiger partial charge in [-0.15, -0.1) is 0 Å². The SMILES string of the molecule is CCOC(=O)[C@@H](N)Cc1ccc(OCCCN2CCOCC2)c(OC)c1. The Morgan fingerprint density at radius 1 is 1.31 bits per heavy atom. The molecular weight excluding hydrogens is 336 g/mol. The maximum atomic E-state index is 11.7. The Bertz CT molecular complexity index is 561. The number of carbonyl (C=O) groups excluding carboxylic acids is 1. The second-order valence-corrected chi connectivity index (χ2v) is 6.20. The fourth-order valence-electron chi connectivity index (χ4n) is 2.84. The summed E-state index contributed by atoms with van der Waals surface area (Å²) in [5, 5.41) is 0. The smallest absolute Gasteiger partial charge is 0.323 e. The summed E-state index contributed by atoms with van der Waals surface area (Å²) in [5.41, 5.74) is 6.78. The van der Waals surface area contributed by atoms with Crippen molar-refractivity contribution in [3.63, 3.8) is 0 Å². The van der Waals surface area contributed by atoms with E-state index in [1.54, 1.807) is 14.0 Å². The van der Waals surface area contributed by atoms with E-state index in [9.17, 15) is 4.79 Å². The summed E-state index contributed by atoms with van der Waals surface area (Å²) < 4.78 is 21.6. The number of nitrogens with zero attached hydrogens (tertiary/aromatic N) is 1. The third-order valence-corrected chi connectivity index (χ3v) is 4.25. The van der Waals surface area contributed by atoms with Gasteiger partial charge in [-0.2, -0.15) is 0 Å². The maximum absolute atomic E-state index is 11.7. The predicted molar refractivity (Wildman–Crippen MR) is 98.7 cm³/mol. The minimum atomic E-state index is -0.681. The molecule has 1 aliphatic rings. The van der Waals surface area contributed by atoms with E-state index in [1.807, 2.05) is 18.2 Å². The predicted octanol–water partition coefficient (Wildman–Crippen LogP) is 1.23. The monoisotopic (exact) mass is 366 g/mol. The zero-order valence-electron chi connectivity index (χ0n) is 15.7. The second kappa shape index (κ2) is 11.0. The highest BCUT2D eigenvalue weighted by molar-refractivity contribution is 5.75. The molecule has 146 valence electrons. The molecule has 1 aliphatic heterocycles. The molecule has 1 saturated heterocycles. The van der Waals surface area contributed by atoms with Crippen LogP contribution in [0, 0.1) is 0 Å². The van der Waals surface area contributed by atoms with Crippen LogP contribution in [0.4, 0.5) is 0 Å². The molecule has 2 rings (SSSR count). The van der Waals surface area contributed by atoms with Gasteiger partial charge in [0.2, 0.25) is 0 Å². The lowest BCUT2D eigenvalue weighted by atomic mass is 10.1. The number of esters is 1. The zero-order chi connectivity index (χ0) is 18.8. The number of morpholine rings is 1. The van der Waals surface area contributed by atoms with Crippen molar-refractivity contribution < 1.29 is 23.7 Å². The van der Waals surface area contributed by atoms with Gasteiger partial charge in [-0.25, -0.2) is 0 Å². The van der Waals surface area contributed by atoms with Crippen LogP contribution in [-0.2, 0) is 20.7 Å². The number of rotatable bonds is 10. The van der Waals surface area contributed by atoms with Crippen LogP contribution in [0.5, 0.6) is 11.5 Å². The minimum absolute atomic E-state index is 0.326. The Kier molecular flexibility index (Phi) is 8.67. The lowest BCUT2D eigenvalue weighted by Crippen LogP contribution is -2.37. The molecule has 0 saturated carbocycles. The van der Waals surface area contributed by atoms with Gasteiger partial charge in [0.05, 0.1) is 33.5 Å². The number of hydrogen-bond acceptors (Lipinski definition) is 7. The molecule has 0 radical (unpaired) electrons. The number of methoxy groups -OCH3 is 1. The molecule has 1 fully saturated rings. The number of ether oxygens (including phenoxy) is 4. The highest BCUT2D eigenvalue weighted by atomic mass is 16.5. The van der Waals surface area contributed by atoms with Crippen molar-refractivity contribution in [3.8, 4) is 11.5 Å². The van der Waals surface area contributed by atoms with Crippen molar-refractivity contribution >= 4 is 5.97 Å². The van der Waals surface area contributed by atoms with Crippen molar-refractivity contribution in [3.05, 3.63) is 23.8 Å². The molecule has 0 aliphatic carbocycles. The quantitative estimate of drug-likeness (QED) is 0.492. The summed E-state index contributed by atoms with van der Waals surface area (Å²) in [5.74, 6) is 0.947. The average Bonchev–Trinajstić information content (AvgIpc) is 2.67. The number of carbonyl (C=O) groups is 1. The first-order valence-corrected chi connectivity index (χ1v) is 9.16. The van der Waals surface area contributed by atoms with Crippen LogP contribution in [0.25, 0.3) is 0 Å². The molecule has 26 heavy (non-hydrogen) atoms. The van der Waals surface area contributed by atoms with E-state index < -0.39 is 12.0 Å². The van der Waals surface area contributed by atoms with Crippen LogP contribution in [0.1, 0.15) is 18.9 Å². The van der Waals surface area contributed by atoms with Gasteiger partial charge in [0.1, 0.15) is 6.04 Å². The van der Waals surface area contributed by atoms with Gasteiger partial charge in [0, 0.05) is 19.6 Å². The van der Waals surface area contributed by atoms with Gasteiger partial charge in [-0.1, -0.05) is 6.07 Å². The standard InChI is InChI=1S/C19H30N2O5/c1-3-25-19(22)16(20)13-15-5-6-17(18(14-15)23-2)26-10-4-7-21-8-11-24-12-9-21/h5-6,14,16H,3-4,7-13,20H2,1-2H3/t16-/m0/s1. The van der Waals surface area contributed by atoms with E-state index >= 15 is 0 Å². The molecule has 0 bridgehead atoms. The lowest BCUT2D eigenvalue weighted by Gasteiger charge is -2.26. The zero-order valence-corrected chi connectivity index (χ0v) is 15.7. The molecule has 1 aromatic carbocycles. The summed E-state index contributed by atoms with van der Waals surface area (Å²) >= 11 is 0. The molecule has 7 heteroatoms. The highest BCUT2D eigenvalue weighted by Gasteiger charge is 2.16. The molecule has 0 amide bonds. The van der Waals surface area contributed by atoms with Gasteiger partial charge in [0.15, 0.2) is 11.5 Å². The lowest BCUT2D eigenvalue weighted by molar-refractivity contribution is -0.144. The normalized spacial score (nSPS) is 16.1. The van der Waals surface area contributed by atoms with Crippen molar-refractivity contribution in [2.75, 3.05) is 53.2 Å². The summed E-state index contributed by atoms with van der Waals surface area (Å²) in [7, 11) is 1.60. The van der Waals surface area contributed by atoms with Crippen molar-refractivity contribution in [2.24, 2.45) is 5.73 Å². The van der Waals surface area contributed by atoms with Crippen molar-refractivity contribution in [1.82, 2.24) is 4.90 Å². The van der Waals surface area contributed by atoms with Crippen LogP contribution in [-0.4, -0.2) is 70.1 Å². The maximum Gasteiger partial charge on any atom is 0.323 e. The third kappa shape index (κ3) is 6.48. The number of nitrogens with two attached hydrogens (primary N) is 1. The molecule has 1 aromatic rings. The molecular formula is C19H30N2O5.